The van der Waals surface area contributed by atoms with Crippen LogP contribution in [-0.4, -0.2) is 49.9 Å². The van der Waals surface area contributed by atoms with Crippen molar-refractivity contribution in [3.8, 4) is 16.9 Å². The van der Waals surface area contributed by atoms with Crippen LogP contribution in [0.4, 0.5) is 11.4 Å². The molecule has 0 aliphatic carbocycles. The first-order chi connectivity index (χ1) is 20.7. The number of benzene rings is 3. The Morgan fingerprint density at radius 2 is 1.67 bits per heavy atom. The van der Waals surface area contributed by atoms with Gasteiger partial charge in [0.25, 0.3) is 5.91 Å². The van der Waals surface area contributed by atoms with Crippen LogP contribution in [0.5, 0.6) is 5.75 Å². The lowest BCUT2D eigenvalue weighted by molar-refractivity contribution is -0.146. The van der Waals surface area contributed by atoms with E-state index in [-0.39, 0.29) is 5.91 Å². The molecule has 2 N–H and O–H groups in total. The summed E-state index contributed by atoms with van der Waals surface area (Å²) in [6, 6.07) is 21.9. The number of carboxylic acid groups (broad SMARTS) is 1. The zero-order valence-electron chi connectivity index (χ0n) is 25.8. The Morgan fingerprint density at radius 1 is 0.953 bits per heavy atom. The van der Waals surface area contributed by atoms with Crippen molar-refractivity contribution in [2.24, 2.45) is 5.41 Å². The van der Waals surface area contributed by atoms with Gasteiger partial charge in [-0.25, -0.2) is 0 Å². The number of nitrogens with one attached hydrogen (secondary N) is 1. The topological polar surface area (TPSA) is 88.1 Å². The molecule has 0 radical (unpaired) electrons. The molecule has 1 aliphatic rings. The van der Waals surface area contributed by atoms with Crippen LogP contribution in [0.2, 0.25) is 0 Å². The highest BCUT2D eigenvalue weighted by Gasteiger charge is 2.31. The van der Waals surface area contributed by atoms with Crippen molar-refractivity contribution in [1.82, 2.24) is 0 Å². The molecule has 43 heavy (non-hydrogen) atoms. The van der Waals surface area contributed by atoms with Crippen molar-refractivity contribution < 1.29 is 24.2 Å². The molecule has 3 aromatic carbocycles. The van der Waals surface area contributed by atoms with Gasteiger partial charge >= 0.3 is 5.97 Å². The van der Waals surface area contributed by atoms with Gasteiger partial charge < -0.3 is 24.8 Å². The fourth-order valence-corrected chi connectivity index (χ4v) is 5.03. The van der Waals surface area contributed by atoms with E-state index in [0.717, 1.165) is 65.2 Å². The van der Waals surface area contributed by atoms with E-state index in [1.165, 1.54) is 0 Å². The van der Waals surface area contributed by atoms with Gasteiger partial charge in [-0.15, -0.1) is 0 Å². The molecule has 1 amide bonds. The first-order valence-electron chi connectivity index (χ1n) is 15.2. The second kappa shape index (κ2) is 14.9. The Bertz CT molecular complexity index is 1410. The molecule has 0 bridgehead atoms. The van der Waals surface area contributed by atoms with Crippen LogP contribution in [0.3, 0.4) is 0 Å². The normalized spacial score (nSPS) is 14.6. The number of rotatable bonds is 13. The summed E-state index contributed by atoms with van der Waals surface area (Å²) < 4.78 is 11.4. The number of aryl methyl sites for hydroxylation is 1. The second-order valence-corrected chi connectivity index (χ2v) is 11.8. The molecule has 0 saturated carbocycles. The number of carbonyl (C=O) groups excluding carboxylic acids is 1. The molecule has 0 saturated heterocycles. The van der Waals surface area contributed by atoms with Gasteiger partial charge in [0.2, 0.25) is 0 Å². The van der Waals surface area contributed by atoms with E-state index in [9.17, 15) is 14.7 Å². The van der Waals surface area contributed by atoms with Gasteiger partial charge in [-0.2, -0.15) is 0 Å². The van der Waals surface area contributed by atoms with E-state index in [1.54, 1.807) is 13.8 Å². The number of amides is 1. The first-order valence-corrected chi connectivity index (χ1v) is 15.2. The summed E-state index contributed by atoms with van der Waals surface area (Å²) in [7, 11) is 0. The molecule has 228 valence electrons. The standard InChI is InChI=1S/C36H44N2O5/c1-5-6-20-42-21-22-43-32-16-11-27(12-17-32)28-13-18-33-30(23-28)24-29(34(39)37-31-14-9-26(2)10-15-31)8-7-19-38(33)25-36(3,4)35(40)41/h9-18,23-24H,5-8,19-22,25H2,1-4H3,(H,37,39)(H,40,41)/b29-24+. The van der Waals surface area contributed by atoms with E-state index in [2.05, 4.69) is 29.3 Å². The van der Waals surface area contributed by atoms with Crippen molar-refractivity contribution in [3.63, 3.8) is 0 Å². The molecule has 4 rings (SSSR count). The van der Waals surface area contributed by atoms with E-state index in [4.69, 9.17) is 9.47 Å². The molecule has 0 unspecified atom stereocenters. The lowest BCUT2D eigenvalue weighted by Gasteiger charge is -2.34. The molecule has 1 heterocycles. The molecule has 1 aliphatic heterocycles. The van der Waals surface area contributed by atoms with Crippen LogP contribution in [0.25, 0.3) is 17.2 Å². The maximum Gasteiger partial charge on any atom is 0.310 e. The molecule has 7 heteroatoms. The molecule has 3 aromatic rings. The predicted molar refractivity (Wildman–Crippen MR) is 174 cm³/mol. The molecular weight excluding hydrogens is 540 g/mol. The zero-order valence-corrected chi connectivity index (χ0v) is 25.8. The van der Waals surface area contributed by atoms with Crippen LogP contribution in [0.1, 0.15) is 57.6 Å². The third-order valence-corrected chi connectivity index (χ3v) is 7.66. The SMILES string of the molecule is CCCCOCCOc1ccc(-c2ccc3c(c2)/C=C(/C(=O)Nc2ccc(C)cc2)CCCN3CC(C)(C)C(=O)O)cc1. The Hall–Kier alpha value is -4.10. The highest BCUT2D eigenvalue weighted by Crippen LogP contribution is 2.34. The summed E-state index contributed by atoms with van der Waals surface area (Å²) in [5.41, 5.74) is 5.48. The number of hydrogen-bond acceptors (Lipinski definition) is 5. The average molecular weight is 585 g/mol. The summed E-state index contributed by atoms with van der Waals surface area (Å²) in [6.45, 7) is 10.5. The molecule has 0 spiro atoms. The second-order valence-electron chi connectivity index (χ2n) is 11.8. The predicted octanol–water partition coefficient (Wildman–Crippen LogP) is 7.59. The summed E-state index contributed by atoms with van der Waals surface area (Å²) in [5, 5.41) is 12.9. The van der Waals surface area contributed by atoms with Crippen molar-refractivity contribution in [2.45, 2.75) is 53.4 Å². The minimum absolute atomic E-state index is 0.125. The van der Waals surface area contributed by atoms with Crippen LogP contribution in [0.15, 0.2) is 72.3 Å². The lowest BCUT2D eigenvalue weighted by Crippen LogP contribution is -2.40. The molecule has 0 aromatic heterocycles. The summed E-state index contributed by atoms with van der Waals surface area (Å²) >= 11 is 0. The quantitative estimate of drug-likeness (QED) is 0.201. The fraction of sp³-hybridized carbons (Fsp3) is 0.389. The number of nitrogens with zero attached hydrogens (tertiary/aromatic N) is 1. The van der Waals surface area contributed by atoms with E-state index in [1.807, 2.05) is 67.6 Å². The number of carbonyl (C=O) groups is 2. The zero-order chi connectivity index (χ0) is 30.8. The summed E-state index contributed by atoms with van der Waals surface area (Å²) in [4.78, 5) is 27.5. The Balaban J connectivity index is 1.60. The Labute approximate surface area is 255 Å². The molecule has 0 atom stereocenters. The highest BCUT2D eigenvalue weighted by atomic mass is 16.5. The molecule has 7 nitrogen and oxygen atoms in total. The summed E-state index contributed by atoms with van der Waals surface area (Å²) in [5.74, 6) is -0.179. The minimum atomic E-state index is -0.929. The fourth-order valence-electron chi connectivity index (χ4n) is 5.03. The first kappa shape index (κ1) is 31.8. The largest absolute Gasteiger partial charge is 0.491 e. The molecule has 0 fully saturated rings. The third-order valence-electron chi connectivity index (χ3n) is 7.66. The van der Waals surface area contributed by atoms with Crippen molar-refractivity contribution >= 4 is 29.3 Å². The number of hydrogen-bond donors (Lipinski definition) is 2. The maximum absolute atomic E-state index is 13.4. The number of carboxylic acids is 1. The Morgan fingerprint density at radius 3 is 2.37 bits per heavy atom. The Kier molecular flexibility index (Phi) is 11.0. The van der Waals surface area contributed by atoms with Crippen LogP contribution in [0, 0.1) is 12.3 Å². The number of anilines is 2. The minimum Gasteiger partial charge on any atom is -0.491 e. The van der Waals surface area contributed by atoms with Crippen molar-refractivity contribution in [3.05, 3.63) is 83.4 Å². The number of unbranched alkanes of at least 4 members (excludes halogenated alkanes) is 1. The van der Waals surface area contributed by atoms with Gasteiger partial charge in [0.1, 0.15) is 12.4 Å². The van der Waals surface area contributed by atoms with Crippen LogP contribution in [-0.2, 0) is 14.3 Å². The van der Waals surface area contributed by atoms with Crippen molar-refractivity contribution in [1.29, 1.82) is 0 Å². The van der Waals surface area contributed by atoms with E-state index >= 15 is 0 Å². The van der Waals surface area contributed by atoms with Crippen LogP contribution >= 0.6 is 0 Å². The van der Waals surface area contributed by atoms with Crippen LogP contribution < -0.4 is 15.0 Å². The highest BCUT2D eigenvalue weighted by molar-refractivity contribution is 6.07. The van der Waals surface area contributed by atoms with Gasteiger partial charge in [0.05, 0.1) is 12.0 Å². The number of aliphatic carboxylic acids is 1. The number of fused-ring (bicyclic) bond motifs is 1. The molecular formula is C36H44N2O5. The smallest absolute Gasteiger partial charge is 0.310 e. The van der Waals surface area contributed by atoms with Gasteiger partial charge in [-0.3, -0.25) is 9.59 Å². The van der Waals surface area contributed by atoms with E-state index < -0.39 is 11.4 Å². The monoisotopic (exact) mass is 584 g/mol. The third kappa shape index (κ3) is 8.94. The summed E-state index contributed by atoms with van der Waals surface area (Å²) in [6.07, 6.45) is 5.44. The maximum atomic E-state index is 13.4. The average Bonchev–Trinajstić information content (AvgIpc) is 2.98. The van der Waals surface area contributed by atoms with E-state index in [0.29, 0.717) is 38.3 Å². The van der Waals surface area contributed by atoms with Gasteiger partial charge in [0, 0.05) is 36.6 Å². The lowest BCUT2D eigenvalue weighted by atomic mass is 9.91. The number of ether oxygens (including phenoxy) is 2. The van der Waals surface area contributed by atoms with Gasteiger partial charge in [-0.1, -0.05) is 49.2 Å². The van der Waals surface area contributed by atoms with Gasteiger partial charge in [-0.05, 0) is 99.2 Å². The van der Waals surface area contributed by atoms with Gasteiger partial charge in [0.15, 0.2) is 0 Å². The van der Waals surface area contributed by atoms with Crippen molar-refractivity contribution in [2.75, 3.05) is 43.1 Å².